The Morgan fingerprint density at radius 1 is 1.17 bits per heavy atom. The predicted molar refractivity (Wildman–Crippen MR) is 94.5 cm³/mol. The quantitative estimate of drug-likeness (QED) is 0.801. The number of esters is 1. The van der Waals surface area contributed by atoms with Crippen molar-refractivity contribution in [3.8, 4) is 0 Å². The van der Waals surface area contributed by atoms with Crippen LogP contribution in [-0.4, -0.2) is 18.5 Å². The first-order valence-electron chi connectivity index (χ1n) is 7.35. The van der Waals surface area contributed by atoms with Crippen LogP contribution in [0.15, 0.2) is 42.5 Å². The normalized spacial score (nSPS) is 11.7. The van der Waals surface area contributed by atoms with Gasteiger partial charge in [-0.15, -0.1) is 0 Å². The fourth-order valence-electron chi connectivity index (χ4n) is 2.20. The van der Waals surface area contributed by atoms with Gasteiger partial charge in [0.15, 0.2) is 6.61 Å². The summed E-state index contributed by atoms with van der Waals surface area (Å²) in [7, 11) is 0. The van der Waals surface area contributed by atoms with Crippen LogP contribution < -0.4 is 5.32 Å². The van der Waals surface area contributed by atoms with E-state index in [0.717, 1.165) is 11.1 Å². The maximum atomic E-state index is 12.0. The first-order chi connectivity index (χ1) is 11.4. The summed E-state index contributed by atoms with van der Waals surface area (Å²) in [6, 6.07) is 11.7. The van der Waals surface area contributed by atoms with Gasteiger partial charge in [0, 0.05) is 10.0 Å². The molecule has 0 saturated heterocycles. The van der Waals surface area contributed by atoms with Crippen molar-refractivity contribution in [2.75, 3.05) is 6.61 Å². The highest BCUT2D eigenvalue weighted by Gasteiger charge is 2.15. The third kappa shape index (κ3) is 4.98. The molecule has 1 amide bonds. The lowest BCUT2D eigenvalue weighted by atomic mass is 10.1. The van der Waals surface area contributed by atoms with Crippen LogP contribution in [0.2, 0.25) is 10.0 Å². The van der Waals surface area contributed by atoms with E-state index in [1.54, 1.807) is 43.3 Å². The molecule has 126 valence electrons. The summed E-state index contributed by atoms with van der Waals surface area (Å²) >= 11 is 12.0. The number of hydrogen-bond acceptors (Lipinski definition) is 3. The molecule has 2 rings (SSSR count). The van der Waals surface area contributed by atoms with Crippen LogP contribution in [0.1, 0.15) is 34.5 Å². The monoisotopic (exact) mass is 365 g/mol. The molecule has 4 nitrogen and oxygen atoms in total. The third-order valence-electron chi connectivity index (χ3n) is 3.39. The van der Waals surface area contributed by atoms with Crippen molar-refractivity contribution in [1.29, 1.82) is 0 Å². The summed E-state index contributed by atoms with van der Waals surface area (Å²) in [6.07, 6.45) is 0. The van der Waals surface area contributed by atoms with Crippen molar-refractivity contribution in [3.05, 3.63) is 69.2 Å². The number of aryl methyl sites for hydroxylation is 1. The number of nitrogens with one attached hydrogen (secondary N) is 1. The molecule has 0 aliphatic heterocycles. The molecule has 1 N–H and O–H groups in total. The molecule has 2 aromatic rings. The minimum absolute atomic E-state index is 0.333. The van der Waals surface area contributed by atoms with Crippen LogP contribution in [0.4, 0.5) is 0 Å². The second-order valence-electron chi connectivity index (χ2n) is 5.40. The lowest BCUT2D eigenvalue weighted by Crippen LogP contribution is -2.31. The highest BCUT2D eigenvalue weighted by molar-refractivity contribution is 6.35. The van der Waals surface area contributed by atoms with Gasteiger partial charge in [-0.25, -0.2) is 4.79 Å². The van der Waals surface area contributed by atoms with Gasteiger partial charge in [-0.1, -0.05) is 47.0 Å². The van der Waals surface area contributed by atoms with Gasteiger partial charge in [-0.3, -0.25) is 4.79 Å². The maximum absolute atomic E-state index is 12.0. The van der Waals surface area contributed by atoms with Crippen LogP contribution >= 0.6 is 23.2 Å². The van der Waals surface area contributed by atoms with Crippen LogP contribution in [0.3, 0.4) is 0 Å². The summed E-state index contributed by atoms with van der Waals surface area (Å²) in [5.41, 5.74) is 2.09. The van der Waals surface area contributed by atoms with Crippen LogP contribution in [0.25, 0.3) is 0 Å². The van der Waals surface area contributed by atoms with Crippen molar-refractivity contribution in [2.24, 2.45) is 0 Å². The average molecular weight is 366 g/mol. The van der Waals surface area contributed by atoms with Crippen molar-refractivity contribution in [3.63, 3.8) is 0 Å². The van der Waals surface area contributed by atoms with E-state index in [2.05, 4.69) is 5.32 Å². The van der Waals surface area contributed by atoms with Crippen molar-refractivity contribution in [2.45, 2.75) is 19.9 Å². The second kappa shape index (κ2) is 8.18. The summed E-state index contributed by atoms with van der Waals surface area (Å²) in [4.78, 5) is 23.9. The molecule has 6 heteroatoms. The molecule has 24 heavy (non-hydrogen) atoms. The fourth-order valence-corrected chi connectivity index (χ4v) is 2.77. The highest BCUT2D eigenvalue weighted by atomic mass is 35.5. The molecule has 0 heterocycles. The smallest absolute Gasteiger partial charge is 0.338 e. The lowest BCUT2D eigenvalue weighted by Gasteiger charge is -2.16. The minimum Gasteiger partial charge on any atom is -0.452 e. The Morgan fingerprint density at radius 3 is 2.58 bits per heavy atom. The molecular formula is C18H17Cl2NO3. The number of rotatable bonds is 5. The van der Waals surface area contributed by atoms with Crippen LogP contribution in [0, 0.1) is 6.92 Å². The minimum atomic E-state index is -0.536. The van der Waals surface area contributed by atoms with Crippen LogP contribution in [0.5, 0.6) is 0 Å². The van der Waals surface area contributed by atoms with E-state index < -0.39 is 11.9 Å². The van der Waals surface area contributed by atoms with Gasteiger partial charge in [0.1, 0.15) is 0 Å². The lowest BCUT2D eigenvalue weighted by molar-refractivity contribution is -0.124. The molecule has 0 spiro atoms. The summed E-state index contributed by atoms with van der Waals surface area (Å²) in [6.45, 7) is 3.30. The highest BCUT2D eigenvalue weighted by Crippen LogP contribution is 2.25. The standard InChI is InChI=1S/C18H17Cl2NO3/c1-11-4-3-5-13(8-11)18(23)24-10-17(22)21-12(2)15-7-6-14(19)9-16(15)20/h3-9,12H,10H2,1-2H3,(H,21,22)/t12-/m1/s1. The van der Waals surface area contributed by atoms with E-state index >= 15 is 0 Å². The Kier molecular flexibility index (Phi) is 6.23. The molecule has 0 aliphatic rings. The Hall–Kier alpha value is -2.04. The van der Waals surface area contributed by atoms with E-state index in [-0.39, 0.29) is 12.6 Å². The molecule has 0 bridgehead atoms. The Bertz CT molecular complexity index is 762. The van der Waals surface area contributed by atoms with E-state index in [4.69, 9.17) is 27.9 Å². The molecule has 0 saturated carbocycles. The maximum Gasteiger partial charge on any atom is 0.338 e. The molecule has 1 atom stereocenters. The van der Waals surface area contributed by atoms with Gasteiger partial charge in [-0.05, 0) is 43.7 Å². The van der Waals surface area contributed by atoms with Gasteiger partial charge in [0.25, 0.3) is 5.91 Å². The van der Waals surface area contributed by atoms with E-state index in [1.165, 1.54) is 0 Å². The molecule has 0 unspecified atom stereocenters. The van der Waals surface area contributed by atoms with Crippen molar-refractivity contribution < 1.29 is 14.3 Å². The van der Waals surface area contributed by atoms with E-state index in [9.17, 15) is 9.59 Å². The Balaban J connectivity index is 1.90. The number of carbonyl (C=O) groups excluding carboxylic acids is 2. The number of hydrogen-bond donors (Lipinski definition) is 1. The zero-order valence-electron chi connectivity index (χ0n) is 13.3. The summed E-state index contributed by atoms with van der Waals surface area (Å²) < 4.78 is 5.03. The molecule has 0 radical (unpaired) electrons. The van der Waals surface area contributed by atoms with Gasteiger partial charge < -0.3 is 10.1 Å². The zero-order valence-corrected chi connectivity index (χ0v) is 14.8. The van der Waals surface area contributed by atoms with Gasteiger partial charge in [-0.2, -0.15) is 0 Å². The average Bonchev–Trinajstić information content (AvgIpc) is 2.52. The SMILES string of the molecule is Cc1cccc(C(=O)OCC(=O)N[C@H](C)c2ccc(Cl)cc2Cl)c1. The van der Waals surface area contributed by atoms with Crippen molar-refractivity contribution >= 4 is 35.1 Å². The number of benzene rings is 2. The molecular weight excluding hydrogens is 349 g/mol. The topological polar surface area (TPSA) is 55.4 Å². The second-order valence-corrected chi connectivity index (χ2v) is 6.24. The number of halogens is 2. The Labute approximate surface area is 150 Å². The van der Waals surface area contributed by atoms with Crippen molar-refractivity contribution in [1.82, 2.24) is 5.32 Å². The van der Waals surface area contributed by atoms with E-state index in [1.807, 2.05) is 13.0 Å². The van der Waals surface area contributed by atoms with Crippen LogP contribution in [-0.2, 0) is 9.53 Å². The fraction of sp³-hybridized carbons (Fsp3) is 0.222. The number of carbonyl (C=O) groups is 2. The largest absolute Gasteiger partial charge is 0.452 e. The summed E-state index contributed by atoms with van der Waals surface area (Å²) in [5, 5.41) is 3.72. The molecule has 0 fully saturated rings. The first-order valence-corrected chi connectivity index (χ1v) is 8.10. The van der Waals surface area contributed by atoms with Gasteiger partial charge in [0.2, 0.25) is 0 Å². The Morgan fingerprint density at radius 2 is 1.92 bits per heavy atom. The third-order valence-corrected chi connectivity index (χ3v) is 3.96. The predicted octanol–water partition coefficient (Wildman–Crippen LogP) is 4.34. The molecule has 0 aromatic heterocycles. The number of amides is 1. The summed E-state index contributed by atoms with van der Waals surface area (Å²) in [5.74, 6) is -0.944. The zero-order chi connectivity index (χ0) is 17.7. The first kappa shape index (κ1) is 18.3. The molecule has 2 aromatic carbocycles. The van der Waals surface area contributed by atoms with E-state index in [0.29, 0.717) is 15.6 Å². The number of ether oxygens (including phenoxy) is 1. The van der Waals surface area contributed by atoms with Gasteiger partial charge in [0.05, 0.1) is 11.6 Å². The molecule has 0 aliphatic carbocycles. The van der Waals surface area contributed by atoms with Gasteiger partial charge >= 0.3 is 5.97 Å².